The van der Waals surface area contributed by atoms with Gasteiger partial charge in [0.1, 0.15) is 18.8 Å². The van der Waals surface area contributed by atoms with E-state index in [0.29, 0.717) is 49.6 Å². The maximum atomic E-state index is 13.3. The second kappa shape index (κ2) is 19.9. The molecule has 14 nitrogen and oxygen atoms in total. The highest BCUT2D eigenvalue weighted by atomic mass is 16.7. The van der Waals surface area contributed by atoms with Gasteiger partial charge < -0.3 is 49.1 Å². The third-order valence-electron chi connectivity index (χ3n) is 10.6. The molecule has 300 valence electrons. The van der Waals surface area contributed by atoms with Crippen molar-refractivity contribution in [3.8, 4) is 11.5 Å². The molecule has 3 amide bonds. The van der Waals surface area contributed by atoms with Crippen LogP contribution >= 0.6 is 0 Å². The lowest BCUT2D eigenvalue weighted by Crippen LogP contribution is -2.54. The molecule has 2 aromatic carbocycles. The average Bonchev–Trinajstić information content (AvgIpc) is 3.68. The number of amides is 3. The predicted octanol–water partition coefficient (Wildman–Crippen LogP) is 5.83. The van der Waals surface area contributed by atoms with Crippen molar-refractivity contribution in [2.45, 2.75) is 127 Å². The largest absolute Gasteiger partial charge is 0.464 e. The van der Waals surface area contributed by atoms with Crippen LogP contribution in [0.5, 0.6) is 11.5 Å². The lowest BCUT2D eigenvalue weighted by Gasteiger charge is -2.47. The van der Waals surface area contributed by atoms with Crippen LogP contribution in [0.4, 0.5) is 9.59 Å². The minimum atomic E-state index is -1.11. The second-order valence-corrected chi connectivity index (χ2v) is 14.8. The van der Waals surface area contributed by atoms with Crippen LogP contribution in [-0.2, 0) is 46.2 Å². The van der Waals surface area contributed by atoms with Crippen LogP contribution in [0.3, 0.4) is 0 Å². The van der Waals surface area contributed by atoms with Gasteiger partial charge in [-0.3, -0.25) is 4.79 Å². The Bertz CT molecular complexity index is 1590. The standard InChI is InChI=1S/C41H55N3O11/c1-2-49-38(46)34(21-28-11-5-3-6-12-28)44-36(45)19-18-31-22-33(53-40(48)43-25-30-15-9-17-35-37(30)52-27-51-35)23-41(54-31)20-10-16-32(55-41)26-50-39(47)42-24-29-13-7-4-8-14-29/h3,5-6,9,11-12,15,17,29,31-34H,2,4,7-8,10,13-14,16,18-27H2,1H3,(H,42,47)(H,43,48)(H,44,45)/t31-,32-,33-,34+,41+/m1/s1. The number of nitrogens with one attached hydrogen (secondary N) is 3. The van der Waals surface area contributed by atoms with Gasteiger partial charge in [-0.05, 0) is 56.6 Å². The fourth-order valence-electron chi connectivity index (χ4n) is 7.94. The maximum Gasteiger partial charge on any atom is 0.407 e. The number of fused-ring (bicyclic) bond motifs is 1. The van der Waals surface area contributed by atoms with E-state index in [0.717, 1.165) is 30.4 Å². The molecule has 0 radical (unpaired) electrons. The van der Waals surface area contributed by atoms with Crippen LogP contribution in [0.2, 0.25) is 0 Å². The molecule has 2 aromatic rings. The Morgan fingerprint density at radius 3 is 2.51 bits per heavy atom. The molecule has 0 aromatic heterocycles. The molecule has 3 N–H and O–H groups in total. The molecule has 3 aliphatic heterocycles. The summed E-state index contributed by atoms with van der Waals surface area (Å²) in [6.45, 7) is 2.88. The molecule has 1 aliphatic carbocycles. The van der Waals surface area contributed by atoms with Crippen molar-refractivity contribution in [3.63, 3.8) is 0 Å². The highest BCUT2D eigenvalue weighted by Crippen LogP contribution is 2.41. The first-order valence-electron chi connectivity index (χ1n) is 19.9. The molecule has 55 heavy (non-hydrogen) atoms. The van der Waals surface area contributed by atoms with Gasteiger partial charge in [0.05, 0.1) is 18.8 Å². The Kier molecular flexibility index (Phi) is 14.5. The molecule has 1 spiro atoms. The lowest BCUT2D eigenvalue weighted by molar-refractivity contribution is -0.329. The van der Waals surface area contributed by atoms with Crippen LogP contribution in [0.25, 0.3) is 0 Å². The van der Waals surface area contributed by atoms with Crippen molar-refractivity contribution in [2.75, 3.05) is 26.6 Å². The molecule has 0 unspecified atom stereocenters. The lowest BCUT2D eigenvalue weighted by atomic mass is 9.89. The van der Waals surface area contributed by atoms with E-state index < -0.39 is 48.3 Å². The fourth-order valence-corrected chi connectivity index (χ4v) is 7.94. The molecule has 4 aliphatic rings. The van der Waals surface area contributed by atoms with Crippen LogP contribution < -0.4 is 25.4 Å². The first-order valence-corrected chi connectivity index (χ1v) is 19.9. The van der Waals surface area contributed by atoms with E-state index in [2.05, 4.69) is 16.0 Å². The van der Waals surface area contributed by atoms with Gasteiger partial charge in [-0.25, -0.2) is 14.4 Å². The number of benzene rings is 2. The Labute approximate surface area is 322 Å². The topological polar surface area (TPSA) is 169 Å². The summed E-state index contributed by atoms with van der Waals surface area (Å²) in [6.07, 6.45) is 6.47. The van der Waals surface area contributed by atoms with Gasteiger partial charge in [-0.15, -0.1) is 0 Å². The van der Waals surface area contributed by atoms with Crippen molar-refractivity contribution >= 4 is 24.1 Å². The molecular formula is C41H55N3O11. The Morgan fingerprint density at radius 1 is 0.873 bits per heavy atom. The normalized spacial score (nSPS) is 24.0. The Balaban J connectivity index is 1.06. The summed E-state index contributed by atoms with van der Waals surface area (Å²) >= 11 is 0. The number of esters is 1. The van der Waals surface area contributed by atoms with Crippen LogP contribution in [0.1, 0.15) is 95.1 Å². The average molecular weight is 766 g/mol. The summed E-state index contributed by atoms with van der Waals surface area (Å²) < 4.78 is 41.0. The molecule has 6 rings (SSSR count). The number of hydrogen-bond donors (Lipinski definition) is 3. The molecule has 0 bridgehead atoms. The minimum absolute atomic E-state index is 0.0548. The molecule has 5 atom stereocenters. The maximum absolute atomic E-state index is 13.3. The van der Waals surface area contributed by atoms with E-state index in [9.17, 15) is 19.2 Å². The van der Waals surface area contributed by atoms with Gasteiger partial charge in [0.2, 0.25) is 12.7 Å². The van der Waals surface area contributed by atoms with Gasteiger partial charge in [0, 0.05) is 50.8 Å². The summed E-state index contributed by atoms with van der Waals surface area (Å²) in [5.41, 5.74) is 1.65. The first-order chi connectivity index (χ1) is 26.8. The summed E-state index contributed by atoms with van der Waals surface area (Å²) in [7, 11) is 0. The van der Waals surface area contributed by atoms with E-state index in [4.69, 9.17) is 33.2 Å². The van der Waals surface area contributed by atoms with Crippen LogP contribution in [0.15, 0.2) is 48.5 Å². The quantitative estimate of drug-likeness (QED) is 0.147. The van der Waals surface area contributed by atoms with E-state index >= 15 is 0 Å². The third-order valence-corrected chi connectivity index (χ3v) is 10.6. The highest BCUT2D eigenvalue weighted by Gasteiger charge is 2.47. The number of hydrogen-bond acceptors (Lipinski definition) is 11. The van der Waals surface area contributed by atoms with Crippen molar-refractivity contribution < 1.29 is 52.3 Å². The minimum Gasteiger partial charge on any atom is -0.464 e. The third kappa shape index (κ3) is 12.0. The van der Waals surface area contributed by atoms with Crippen LogP contribution in [0, 0.1) is 5.92 Å². The van der Waals surface area contributed by atoms with Gasteiger partial charge >= 0.3 is 18.2 Å². The monoisotopic (exact) mass is 765 g/mol. The smallest absolute Gasteiger partial charge is 0.407 e. The summed E-state index contributed by atoms with van der Waals surface area (Å²) in [5.74, 6) is -0.250. The van der Waals surface area contributed by atoms with E-state index in [1.54, 1.807) is 13.0 Å². The number of para-hydroxylation sites is 1. The zero-order valence-corrected chi connectivity index (χ0v) is 31.7. The summed E-state index contributed by atoms with van der Waals surface area (Å²) in [4.78, 5) is 51.9. The number of carbonyl (C=O) groups excluding carboxylic acids is 4. The van der Waals surface area contributed by atoms with Crippen molar-refractivity contribution in [1.29, 1.82) is 0 Å². The van der Waals surface area contributed by atoms with Crippen molar-refractivity contribution in [1.82, 2.24) is 16.0 Å². The van der Waals surface area contributed by atoms with Gasteiger partial charge in [-0.2, -0.15) is 0 Å². The van der Waals surface area contributed by atoms with E-state index in [1.807, 2.05) is 42.5 Å². The van der Waals surface area contributed by atoms with E-state index in [-0.39, 0.29) is 51.7 Å². The second-order valence-electron chi connectivity index (χ2n) is 14.8. The zero-order chi connectivity index (χ0) is 38.5. The molecule has 1 saturated carbocycles. The molecule has 2 saturated heterocycles. The molecule has 3 heterocycles. The molecule has 14 heteroatoms. The van der Waals surface area contributed by atoms with Gasteiger partial charge in [0.25, 0.3) is 0 Å². The fraction of sp³-hybridized carbons (Fsp3) is 0.610. The zero-order valence-electron chi connectivity index (χ0n) is 31.7. The predicted molar refractivity (Wildman–Crippen MR) is 199 cm³/mol. The molecular weight excluding hydrogens is 710 g/mol. The summed E-state index contributed by atoms with van der Waals surface area (Å²) in [5, 5.41) is 8.58. The number of alkyl carbamates (subject to hydrolysis) is 2. The first kappa shape index (κ1) is 40.1. The Hall–Kier alpha value is -4.56. The molecule has 3 fully saturated rings. The number of rotatable bonds is 15. The summed E-state index contributed by atoms with van der Waals surface area (Å²) in [6, 6.07) is 14.1. The van der Waals surface area contributed by atoms with Gasteiger partial charge in [-0.1, -0.05) is 61.7 Å². The number of carbonyl (C=O) groups is 4. The van der Waals surface area contributed by atoms with Crippen LogP contribution in [-0.4, -0.2) is 80.8 Å². The SMILES string of the molecule is CCOC(=O)[C@H](Cc1ccccc1)NC(=O)CC[C@@H]1C[C@@H](OC(=O)NCc2cccc3c2OCO3)C[C@@]2(CCC[C@H](COC(=O)NCC3CCCCC3)O2)O1. The van der Waals surface area contributed by atoms with Crippen molar-refractivity contribution in [2.24, 2.45) is 5.92 Å². The van der Waals surface area contributed by atoms with E-state index in [1.165, 1.54) is 19.3 Å². The highest BCUT2D eigenvalue weighted by molar-refractivity contribution is 5.84. The number of ether oxygens (including phenoxy) is 7. The van der Waals surface area contributed by atoms with Gasteiger partial charge in [0.15, 0.2) is 17.3 Å². The Morgan fingerprint density at radius 2 is 1.69 bits per heavy atom. The van der Waals surface area contributed by atoms with Crippen molar-refractivity contribution in [3.05, 3.63) is 59.7 Å².